The molecule has 2 aromatic rings. The van der Waals surface area contributed by atoms with Crippen LogP contribution in [-0.2, 0) is 0 Å². The Morgan fingerprint density at radius 1 is 1.19 bits per heavy atom. The van der Waals surface area contributed by atoms with E-state index in [0.717, 1.165) is 40.1 Å². The minimum absolute atomic E-state index is 0.397. The van der Waals surface area contributed by atoms with Crippen molar-refractivity contribution in [2.45, 2.75) is 6.42 Å². The van der Waals surface area contributed by atoms with E-state index in [4.69, 9.17) is 22.7 Å². The Kier molecular flexibility index (Phi) is 4.12. The molecule has 0 saturated carbocycles. The Morgan fingerprint density at radius 3 is 2.81 bits per heavy atom. The second kappa shape index (κ2) is 6.03. The Bertz CT molecular complexity index is 690. The zero-order valence-electron chi connectivity index (χ0n) is 11.4. The Hall–Kier alpha value is -1.59. The molecule has 1 heterocycles. The molecule has 3 rings (SSSR count). The average molecular weight is 363 g/mol. The van der Waals surface area contributed by atoms with E-state index in [-0.39, 0.29) is 0 Å². The van der Waals surface area contributed by atoms with Gasteiger partial charge in [0.05, 0.1) is 18.0 Å². The van der Waals surface area contributed by atoms with Crippen molar-refractivity contribution in [3.05, 3.63) is 52.5 Å². The minimum Gasteiger partial charge on any atom is -0.491 e. The van der Waals surface area contributed by atoms with Crippen LogP contribution < -0.4 is 15.4 Å². The fourth-order valence-electron chi connectivity index (χ4n) is 2.52. The second-order valence-corrected chi connectivity index (χ2v) is 6.20. The van der Waals surface area contributed by atoms with E-state index >= 15 is 0 Å². The van der Waals surface area contributed by atoms with Crippen LogP contribution in [0, 0.1) is 0 Å². The van der Waals surface area contributed by atoms with Crippen LogP contribution in [0.5, 0.6) is 5.75 Å². The van der Waals surface area contributed by atoms with Crippen LogP contribution in [0.15, 0.2) is 46.9 Å². The maximum Gasteiger partial charge on any atom is 0.142 e. The van der Waals surface area contributed by atoms with E-state index in [1.807, 2.05) is 36.4 Å². The molecule has 0 atom stereocenters. The predicted molar refractivity (Wildman–Crippen MR) is 93.6 cm³/mol. The molecule has 0 radical (unpaired) electrons. The third-order valence-corrected chi connectivity index (χ3v) is 4.17. The van der Waals surface area contributed by atoms with Crippen LogP contribution in [0.3, 0.4) is 0 Å². The smallest absolute Gasteiger partial charge is 0.142 e. The molecule has 2 N–H and O–H groups in total. The number of fused-ring (bicyclic) bond motifs is 1. The van der Waals surface area contributed by atoms with Gasteiger partial charge in [-0.25, -0.2) is 0 Å². The molecular formula is C16H15BrN2OS. The van der Waals surface area contributed by atoms with Crippen molar-refractivity contribution in [3.63, 3.8) is 0 Å². The van der Waals surface area contributed by atoms with Gasteiger partial charge < -0.3 is 15.4 Å². The van der Waals surface area contributed by atoms with Crippen molar-refractivity contribution in [2.24, 2.45) is 5.73 Å². The first-order valence-corrected chi connectivity index (χ1v) is 7.95. The summed E-state index contributed by atoms with van der Waals surface area (Å²) in [7, 11) is 0. The number of nitrogens with zero attached hydrogens (tertiary/aromatic N) is 1. The van der Waals surface area contributed by atoms with Crippen molar-refractivity contribution in [1.82, 2.24) is 0 Å². The first-order valence-electron chi connectivity index (χ1n) is 6.75. The average Bonchev–Trinajstić information content (AvgIpc) is 2.69. The van der Waals surface area contributed by atoms with Crippen LogP contribution in [0.2, 0.25) is 0 Å². The summed E-state index contributed by atoms with van der Waals surface area (Å²) in [4.78, 5) is 2.62. The first-order chi connectivity index (χ1) is 10.2. The molecule has 3 nitrogen and oxygen atoms in total. The van der Waals surface area contributed by atoms with Gasteiger partial charge in [-0.15, -0.1) is 0 Å². The molecule has 5 heteroatoms. The number of thiocarbonyl (C=S) groups is 1. The van der Waals surface area contributed by atoms with E-state index in [1.54, 1.807) is 0 Å². The molecule has 0 unspecified atom stereocenters. The molecule has 0 fully saturated rings. The molecule has 0 spiro atoms. The van der Waals surface area contributed by atoms with Crippen molar-refractivity contribution in [2.75, 3.05) is 18.1 Å². The van der Waals surface area contributed by atoms with Crippen LogP contribution >= 0.6 is 28.1 Å². The number of para-hydroxylation sites is 2. The Labute approximate surface area is 137 Å². The summed E-state index contributed by atoms with van der Waals surface area (Å²) in [5.74, 6) is 0.895. The molecule has 0 amide bonds. The fraction of sp³-hybridized carbons (Fsp3) is 0.188. The second-order valence-electron chi connectivity index (χ2n) is 4.85. The molecule has 1 aliphatic rings. The highest BCUT2D eigenvalue weighted by Gasteiger charge is 2.20. The predicted octanol–water partition coefficient (Wildman–Crippen LogP) is 4.00. The molecular weight excluding hydrogens is 348 g/mol. The van der Waals surface area contributed by atoms with Crippen molar-refractivity contribution in [3.8, 4) is 5.75 Å². The molecule has 0 aromatic heterocycles. The maximum atomic E-state index is 5.90. The summed E-state index contributed by atoms with van der Waals surface area (Å²) < 4.78 is 6.78. The summed E-state index contributed by atoms with van der Waals surface area (Å²) in [6, 6.07) is 14.1. The number of hydrogen-bond donors (Lipinski definition) is 1. The van der Waals surface area contributed by atoms with Crippen molar-refractivity contribution < 1.29 is 4.74 Å². The summed E-state index contributed by atoms with van der Waals surface area (Å²) in [6.45, 7) is 1.58. The van der Waals surface area contributed by atoms with E-state index in [9.17, 15) is 0 Å². The van der Waals surface area contributed by atoms with Gasteiger partial charge >= 0.3 is 0 Å². The Balaban J connectivity index is 2.14. The first kappa shape index (κ1) is 14.4. The van der Waals surface area contributed by atoms with E-state index in [1.165, 1.54) is 0 Å². The van der Waals surface area contributed by atoms with Gasteiger partial charge in [0.1, 0.15) is 10.7 Å². The third-order valence-electron chi connectivity index (χ3n) is 3.45. The normalized spacial score (nSPS) is 14.0. The highest BCUT2D eigenvalue weighted by Crippen LogP contribution is 2.37. The van der Waals surface area contributed by atoms with Crippen LogP contribution in [0.1, 0.15) is 12.0 Å². The van der Waals surface area contributed by atoms with E-state index < -0.39 is 0 Å². The summed E-state index contributed by atoms with van der Waals surface area (Å²) in [6.07, 6.45) is 0.946. The van der Waals surface area contributed by atoms with E-state index in [2.05, 4.69) is 26.9 Å². The zero-order chi connectivity index (χ0) is 14.8. The van der Waals surface area contributed by atoms with Crippen LogP contribution in [0.4, 0.5) is 11.4 Å². The largest absolute Gasteiger partial charge is 0.491 e. The van der Waals surface area contributed by atoms with Crippen LogP contribution in [-0.4, -0.2) is 18.1 Å². The number of hydrogen-bond acceptors (Lipinski definition) is 3. The van der Waals surface area contributed by atoms with Gasteiger partial charge in [0.25, 0.3) is 0 Å². The van der Waals surface area contributed by atoms with Gasteiger partial charge in [-0.3, -0.25) is 0 Å². The number of nitrogens with two attached hydrogens (primary N) is 1. The standard InChI is InChI=1S/C16H15BrN2OS/c17-11-6-7-13(12(10-11)16(18)21)19-8-3-9-20-15-5-2-1-4-14(15)19/h1-2,4-7,10H,3,8-9H2,(H2,18,21). The number of halogens is 1. The van der Waals surface area contributed by atoms with Gasteiger partial charge in [0, 0.05) is 16.6 Å². The minimum atomic E-state index is 0.397. The van der Waals surface area contributed by atoms with Gasteiger partial charge in [-0.05, 0) is 36.8 Å². The van der Waals surface area contributed by atoms with Crippen molar-refractivity contribution >= 4 is 44.5 Å². The summed E-state index contributed by atoms with van der Waals surface area (Å²) >= 11 is 8.69. The van der Waals surface area contributed by atoms with Gasteiger partial charge in [0.2, 0.25) is 0 Å². The number of anilines is 2. The van der Waals surface area contributed by atoms with Crippen LogP contribution in [0.25, 0.3) is 0 Å². The molecule has 0 bridgehead atoms. The quantitative estimate of drug-likeness (QED) is 0.819. The molecule has 108 valence electrons. The zero-order valence-corrected chi connectivity index (χ0v) is 13.8. The summed E-state index contributed by atoms with van der Waals surface area (Å²) in [5, 5.41) is 0. The monoisotopic (exact) mass is 362 g/mol. The molecule has 0 saturated heterocycles. The number of ether oxygens (including phenoxy) is 1. The highest BCUT2D eigenvalue weighted by molar-refractivity contribution is 9.10. The molecule has 21 heavy (non-hydrogen) atoms. The highest BCUT2D eigenvalue weighted by atomic mass is 79.9. The topological polar surface area (TPSA) is 38.5 Å². The maximum absolute atomic E-state index is 5.90. The lowest BCUT2D eigenvalue weighted by molar-refractivity contribution is 0.322. The van der Waals surface area contributed by atoms with Gasteiger partial charge in [-0.1, -0.05) is 40.3 Å². The lowest BCUT2D eigenvalue weighted by atomic mass is 10.1. The third kappa shape index (κ3) is 2.89. The molecule has 2 aromatic carbocycles. The SMILES string of the molecule is NC(=S)c1cc(Br)ccc1N1CCCOc2ccccc21. The van der Waals surface area contributed by atoms with Gasteiger partial charge in [0.15, 0.2) is 0 Å². The van der Waals surface area contributed by atoms with Crippen molar-refractivity contribution in [1.29, 1.82) is 0 Å². The fourth-order valence-corrected chi connectivity index (χ4v) is 3.04. The summed E-state index contributed by atoms with van der Waals surface area (Å²) in [5.41, 5.74) is 8.84. The lowest BCUT2D eigenvalue weighted by Gasteiger charge is -2.26. The van der Waals surface area contributed by atoms with Gasteiger partial charge in [-0.2, -0.15) is 0 Å². The number of benzene rings is 2. The lowest BCUT2D eigenvalue weighted by Crippen LogP contribution is -2.22. The molecule has 0 aliphatic carbocycles. The van der Waals surface area contributed by atoms with E-state index in [0.29, 0.717) is 11.6 Å². The Morgan fingerprint density at radius 2 is 2.00 bits per heavy atom. The number of rotatable bonds is 2. The molecule has 1 aliphatic heterocycles.